The van der Waals surface area contributed by atoms with Gasteiger partial charge in [-0.2, -0.15) is 11.8 Å². The van der Waals surface area contributed by atoms with Gasteiger partial charge in [-0.15, -0.1) is 0 Å². The molecule has 0 fully saturated rings. The minimum atomic E-state index is 0.261. The topological polar surface area (TPSA) is 17.1 Å². The van der Waals surface area contributed by atoms with Gasteiger partial charge in [-0.25, -0.2) is 0 Å². The second-order valence-electron chi connectivity index (χ2n) is 3.83. The summed E-state index contributed by atoms with van der Waals surface area (Å²) in [5.41, 5.74) is 4.36. The minimum absolute atomic E-state index is 0.261. The van der Waals surface area contributed by atoms with Crippen LogP contribution < -0.4 is 0 Å². The molecule has 0 aliphatic carbocycles. The predicted octanol–water partition coefficient (Wildman–Crippen LogP) is 3.55. The lowest BCUT2D eigenvalue weighted by Gasteiger charge is -2.09. The van der Waals surface area contributed by atoms with Crippen molar-refractivity contribution in [2.75, 3.05) is 11.5 Å². The Bertz CT molecular complexity index is 346. The fourth-order valence-electron chi connectivity index (χ4n) is 1.89. The van der Waals surface area contributed by atoms with E-state index >= 15 is 0 Å². The van der Waals surface area contributed by atoms with Crippen LogP contribution in [0.2, 0.25) is 0 Å². The molecule has 1 rings (SSSR count). The highest BCUT2D eigenvalue weighted by molar-refractivity contribution is 7.99. The molecule has 0 radical (unpaired) electrons. The van der Waals surface area contributed by atoms with E-state index in [1.165, 1.54) is 5.56 Å². The van der Waals surface area contributed by atoms with E-state index in [0.717, 1.165) is 22.4 Å². The highest BCUT2D eigenvalue weighted by Crippen LogP contribution is 2.18. The van der Waals surface area contributed by atoms with Crippen LogP contribution in [0.1, 0.15) is 34.0 Å². The zero-order valence-electron chi connectivity index (χ0n) is 9.89. The van der Waals surface area contributed by atoms with Crippen molar-refractivity contribution in [2.45, 2.75) is 27.7 Å². The van der Waals surface area contributed by atoms with Crippen molar-refractivity contribution in [3.8, 4) is 0 Å². The summed E-state index contributed by atoms with van der Waals surface area (Å²) >= 11 is 1.68. The molecule has 82 valence electrons. The van der Waals surface area contributed by atoms with E-state index in [1.54, 1.807) is 11.8 Å². The SMILES string of the molecule is CCSCC(=O)c1c(C)cc(C)cc1C. The van der Waals surface area contributed by atoms with Gasteiger partial charge in [0, 0.05) is 5.56 Å². The molecule has 15 heavy (non-hydrogen) atoms. The minimum Gasteiger partial charge on any atom is -0.293 e. The third-order valence-corrected chi connectivity index (χ3v) is 3.27. The van der Waals surface area contributed by atoms with E-state index in [0.29, 0.717) is 5.75 Å². The normalized spacial score (nSPS) is 10.4. The van der Waals surface area contributed by atoms with E-state index in [9.17, 15) is 4.79 Å². The van der Waals surface area contributed by atoms with Gasteiger partial charge in [0.05, 0.1) is 5.75 Å². The van der Waals surface area contributed by atoms with Crippen molar-refractivity contribution in [1.29, 1.82) is 0 Å². The number of benzene rings is 1. The van der Waals surface area contributed by atoms with Crippen LogP contribution in [0, 0.1) is 20.8 Å². The Morgan fingerprint density at radius 2 is 1.73 bits per heavy atom. The molecule has 2 heteroatoms. The van der Waals surface area contributed by atoms with Crippen LogP contribution in [0.4, 0.5) is 0 Å². The van der Waals surface area contributed by atoms with Gasteiger partial charge in [-0.1, -0.05) is 24.6 Å². The predicted molar refractivity (Wildman–Crippen MR) is 68.0 cm³/mol. The van der Waals surface area contributed by atoms with E-state index < -0.39 is 0 Å². The average molecular weight is 222 g/mol. The molecular formula is C13H18OS. The van der Waals surface area contributed by atoms with Gasteiger partial charge in [0.1, 0.15) is 0 Å². The summed E-state index contributed by atoms with van der Waals surface area (Å²) in [6.45, 7) is 8.18. The molecule has 0 bridgehead atoms. The van der Waals surface area contributed by atoms with Crippen molar-refractivity contribution < 1.29 is 4.79 Å². The Morgan fingerprint density at radius 1 is 1.20 bits per heavy atom. The average Bonchev–Trinajstić information content (AvgIpc) is 2.12. The van der Waals surface area contributed by atoms with Gasteiger partial charge in [-0.3, -0.25) is 4.79 Å². The number of ketones is 1. The number of thioether (sulfide) groups is 1. The molecule has 0 unspecified atom stereocenters. The summed E-state index contributed by atoms with van der Waals surface area (Å²) in [7, 11) is 0. The lowest BCUT2D eigenvalue weighted by atomic mass is 9.97. The summed E-state index contributed by atoms with van der Waals surface area (Å²) in [5, 5.41) is 0. The molecule has 0 amide bonds. The molecule has 0 aliphatic heterocycles. The van der Waals surface area contributed by atoms with Crippen molar-refractivity contribution in [1.82, 2.24) is 0 Å². The zero-order chi connectivity index (χ0) is 11.4. The first-order valence-electron chi connectivity index (χ1n) is 5.25. The lowest BCUT2D eigenvalue weighted by molar-refractivity contribution is 0.102. The summed E-state index contributed by atoms with van der Waals surface area (Å²) in [6.07, 6.45) is 0. The third kappa shape index (κ3) is 3.10. The summed E-state index contributed by atoms with van der Waals surface area (Å²) in [4.78, 5) is 11.9. The standard InChI is InChI=1S/C13H18OS/c1-5-15-8-12(14)13-10(3)6-9(2)7-11(13)4/h6-7H,5,8H2,1-4H3. The largest absolute Gasteiger partial charge is 0.293 e. The smallest absolute Gasteiger partial charge is 0.173 e. The number of carbonyl (C=O) groups excluding carboxylic acids is 1. The Balaban J connectivity index is 2.98. The van der Waals surface area contributed by atoms with E-state index in [4.69, 9.17) is 0 Å². The number of hydrogen-bond donors (Lipinski definition) is 0. The molecule has 1 nitrogen and oxygen atoms in total. The van der Waals surface area contributed by atoms with Gasteiger partial charge >= 0.3 is 0 Å². The summed E-state index contributed by atoms with van der Waals surface area (Å²) < 4.78 is 0. The maximum atomic E-state index is 11.9. The van der Waals surface area contributed by atoms with Crippen molar-refractivity contribution >= 4 is 17.5 Å². The Morgan fingerprint density at radius 3 is 2.20 bits per heavy atom. The van der Waals surface area contributed by atoms with Crippen LogP contribution >= 0.6 is 11.8 Å². The molecule has 0 spiro atoms. The van der Waals surface area contributed by atoms with Crippen LogP contribution in [0.25, 0.3) is 0 Å². The fourth-order valence-corrected chi connectivity index (χ4v) is 2.42. The molecule has 1 aromatic rings. The van der Waals surface area contributed by atoms with Crippen LogP contribution in [-0.2, 0) is 0 Å². The van der Waals surface area contributed by atoms with Crippen LogP contribution in [0.5, 0.6) is 0 Å². The van der Waals surface area contributed by atoms with Crippen molar-refractivity contribution in [3.05, 3.63) is 34.4 Å². The molecule has 0 atom stereocenters. The number of rotatable bonds is 4. The summed E-state index contributed by atoms with van der Waals surface area (Å²) in [6, 6.07) is 4.16. The van der Waals surface area contributed by atoms with Gasteiger partial charge in [0.25, 0.3) is 0 Å². The molecule has 0 aromatic heterocycles. The van der Waals surface area contributed by atoms with E-state index in [1.807, 2.05) is 13.8 Å². The lowest BCUT2D eigenvalue weighted by Crippen LogP contribution is -2.08. The molecule has 0 saturated carbocycles. The van der Waals surface area contributed by atoms with Crippen LogP contribution in [0.3, 0.4) is 0 Å². The Hall–Kier alpha value is -0.760. The van der Waals surface area contributed by atoms with Gasteiger partial charge in [-0.05, 0) is 37.7 Å². The molecule has 1 aromatic carbocycles. The number of Topliss-reactive ketones (excluding diaryl/α,β-unsaturated/α-hetero) is 1. The second kappa shape index (κ2) is 5.36. The fraction of sp³-hybridized carbons (Fsp3) is 0.462. The van der Waals surface area contributed by atoms with Crippen LogP contribution in [-0.4, -0.2) is 17.3 Å². The van der Waals surface area contributed by atoms with Gasteiger partial charge < -0.3 is 0 Å². The van der Waals surface area contributed by atoms with Gasteiger partial charge in [0.2, 0.25) is 0 Å². The molecule has 0 aliphatic rings. The number of aryl methyl sites for hydroxylation is 3. The molecule has 0 heterocycles. The van der Waals surface area contributed by atoms with E-state index in [2.05, 4.69) is 26.0 Å². The van der Waals surface area contributed by atoms with Gasteiger partial charge in [0.15, 0.2) is 5.78 Å². The maximum Gasteiger partial charge on any atom is 0.173 e. The number of hydrogen-bond acceptors (Lipinski definition) is 2. The summed E-state index contributed by atoms with van der Waals surface area (Å²) in [5.74, 6) is 1.86. The zero-order valence-corrected chi connectivity index (χ0v) is 10.7. The first-order valence-corrected chi connectivity index (χ1v) is 6.40. The first kappa shape index (κ1) is 12.3. The third-order valence-electron chi connectivity index (χ3n) is 2.39. The molecule has 0 N–H and O–H groups in total. The monoisotopic (exact) mass is 222 g/mol. The van der Waals surface area contributed by atoms with Crippen molar-refractivity contribution in [2.24, 2.45) is 0 Å². The molecule has 0 saturated heterocycles. The first-order chi connectivity index (χ1) is 7.06. The van der Waals surface area contributed by atoms with Crippen molar-refractivity contribution in [3.63, 3.8) is 0 Å². The quantitative estimate of drug-likeness (QED) is 0.725. The highest BCUT2D eigenvalue weighted by Gasteiger charge is 2.11. The highest BCUT2D eigenvalue weighted by atomic mass is 32.2. The van der Waals surface area contributed by atoms with E-state index in [-0.39, 0.29) is 5.78 Å². The Labute approximate surface area is 96.3 Å². The number of carbonyl (C=O) groups is 1. The second-order valence-corrected chi connectivity index (χ2v) is 5.11. The Kier molecular flexibility index (Phi) is 4.40. The molecular weight excluding hydrogens is 204 g/mol. The van der Waals surface area contributed by atoms with Crippen LogP contribution in [0.15, 0.2) is 12.1 Å². The maximum absolute atomic E-state index is 11.9.